The Morgan fingerprint density at radius 3 is 1.90 bits per heavy atom. The van der Waals surface area contributed by atoms with Crippen molar-refractivity contribution in [2.75, 3.05) is 0 Å². The number of hydrogen-bond donors (Lipinski definition) is 0. The van der Waals surface area contributed by atoms with Crippen LogP contribution < -0.4 is 0 Å². The molecule has 0 N–H and O–H groups in total. The molecule has 0 bridgehead atoms. The number of hydrogen-bond acceptors (Lipinski definition) is 0. The van der Waals surface area contributed by atoms with Crippen LogP contribution in [0.3, 0.4) is 0 Å². The maximum absolute atomic E-state index is 12.3. The second-order valence-electron chi connectivity index (χ2n) is 4.05. The Labute approximate surface area is 124 Å². The smallest absolute Gasteiger partial charge is 0.129 e. The van der Waals surface area contributed by atoms with Crippen molar-refractivity contribution in [3.63, 3.8) is 0 Å². The van der Waals surface area contributed by atoms with Gasteiger partial charge in [-0.1, -0.05) is 41.9 Å². The van der Waals surface area contributed by atoms with Gasteiger partial charge in [0, 0.05) is 11.1 Å². The fraction of sp³-hybridized carbons (Fsp3) is 0.176. The Hall–Kier alpha value is -1.67. The molecule has 0 aromatic heterocycles. The summed E-state index contributed by atoms with van der Waals surface area (Å²) in [5, 5.41) is 0.840. The third kappa shape index (κ3) is 7.70. The lowest BCUT2D eigenvalue weighted by molar-refractivity contribution is 0.577. The average Bonchev–Trinajstić information content (AvgIpc) is 2.40. The maximum atomic E-state index is 12.3. The molecule has 0 aliphatic heterocycles. The van der Waals surface area contributed by atoms with Crippen molar-refractivity contribution < 1.29 is 8.78 Å². The largest absolute Gasteiger partial charge is 0.207 e. The molecule has 0 atom stereocenters. The third-order valence-corrected chi connectivity index (χ3v) is 2.63. The van der Waals surface area contributed by atoms with E-state index in [1.807, 2.05) is 38.1 Å². The van der Waals surface area contributed by atoms with E-state index in [-0.39, 0.29) is 0 Å². The summed E-state index contributed by atoms with van der Waals surface area (Å²) >= 11 is 5.71. The minimum Gasteiger partial charge on any atom is -0.207 e. The Balaban J connectivity index is 0.000000304. The lowest BCUT2D eigenvalue weighted by Gasteiger charge is -1.92. The van der Waals surface area contributed by atoms with Crippen LogP contribution in [0.25, 0.3) is 0 Å². The van der Waals surface area contributed by atoms with E-state index < -0.39 is 11.6 Å². The normalized spacial score (nSPS) is 8.70. The molecule has 0 aliphatic rings. The lowest BCUT2D eigenvalue weighted by Crippen LogP contribution is -1.81. The van der Waals surface area contributed by atoms with E-state index in [1.165, 1.54) is 12.1 Å². The molecule has 2 rings (SSSR count). The highest BCUT2D eigenvalue weighted by Crippen LogP contribution is 2.11. The summed E-state index contributed by atoms with van der Waals surface area (Å²) in [7, 11) is 0. The van der Waals surface area contributed by atoms with Crippen molar-refractivity contribution in [3.8, 4) is 0 Å². The predicted octanol–water partition coefficient (Wildman–Crippen LogP) is 6.11. The first kappa shape index (κ1) is 18.3. The molecular weight excluding hydrogens is 278 g/mol. The highest BCUT2D eigenvalue weighted by Gasteiger charge is 1.95. The fourth-order valence-electron chi connectivity index (χ4n) is 1.12. The van der Waals surface area contributed by atoms with Gasteiger partial charge in [0.05, 0.1) is 0 Å². The molecule has 0 radical (unpaired) electrons. The van der Waals surface area contributed by atoms with Gasteiger partial charge in [-0.25, -0.2) is 8.78 Å². The lowest BCUT2D eigenvalue weighted by atomic mass is 10.2. The first-order valence-corrected chi connectivity index (χ1v) is 6.50. The Morgan fingerprint density at radius 2 is 1.55 bits per heavy atom. The van der Waals surface area contributed by atoms with Gasteiger partial charge in [-0.2, -0.15) is 0 Å². The van der Waals surface area contributed by atoms with E-state index in [1.54, 1.807) is 13.0 Å². The molecule has 0 heterocycles. The van der Waals surface area contributed by atoms with Crippen LogP contribution in [-0.4, -0.2) is 0 Å². The van der Waals surface area contributed by atoms with Crippen LogP contribution in [0.1, 0.15) is 18.1 Å². The molecule has 0 fully saturated rings. The second kappa shape index (κ2) is 10.2. The van der Waals surface area contributed by atoms with E-state index in [9.17, 15) is 8.78 Å². The number of allylic oxidation sites excluding steroid dienone is 1. The molecule has 0 spiro atoms. The molecule has 2 aromatic rings. The number of rotatable bonds is 0. The zero-order valence-electron chi connectivity index (χ0n) is 12.0. The molecule has 108 valence electrons. The molecule has 0 aliphatic carbocycles. The summed E-state index contributed by atoms with van der Waals surface area (Å²) in [5.41, 5.74) is 1.60. The van der Waals surface area contributed by atoms with Crippen molar-refractivity contribution in [1.29, 1.82) is 0 Å². The SMILES string of the molecule is C=CC.Cc1ccc(F)cc1F.Cc1ccccc1Cl. The number of aryl methyl sites for hydroxylation is 2. The molecular formula is C17H19ClF2. The van der Waals surface area contributed by atoms with Crippen LogP contribution in [-0.2, 0) is 0 Å². The average molecular weight is 297 g/mol. The summed E-state index contributed by atoms with van der Waals surface area (Å²) in [6.45, 7) is 8.83. The van der Waals surface area contributed by atoms with Gasteiger partial charge in [0.15, 0.2) is 0 Å². The zero-order chi connectivity index (χ0) is 15.5. The van der Waals surface area contributed by atoms with Gasteiger partial charge in [0.25, 0.3) is 0 Å². The van der Waals surface area contributed by atoms with Crippen molar-refractivity contribution >= 4 is 11.6 Å². The number of benzene rings is 2. The van der Waals surface area contributed by atoms with E-state index in [2.05, 4.69) is 6.58 Å². The predicted molar refractivity (Wildman–Crippen MR) is 83.2 cm³/mol. The van der Waals surface area contributed by atoms with Crippen LogP contribution in [0.2, 0.25) is 5.02 Å². The van der Waals surface area contributed by atoms with Crippen LogP contribution >= 0.6 is 11.6 Å². The quantitative estimate of drug-likeness (QED) is 0.514. The van der Waals surface area contributed by atoms with E-state index in [4.69, 9.17) is 11.6 Å². The Bertz CT molecular complexity index is 515. The second-order valence-corrected chi connectivity index (χ2v) is 4.46. The van der Waals surface area contributed by atoms with Crippen molar-refractivity contribution in [3.05, 3.63) is 82.9 Å². The molecule has 0 saturated heterocycles. The van der Waals surface area contributed by atoms with Gasteiger partial charge < -0.3 is 0 Å². The summed E-state index contributed by atoms with van der Waals surface area (Å²) in [6.07, 6.45) is 1.75. The Morgan fingerprint density at radius 1 is 1.00 bits per heavy atom. The first-order chi connectivity index (χ1) is 9.42. The van der Waals surface area contributed by atoms with Crippen molar-refractivity contribution in [2.45, 2.75) is 20.8 Å². The highest BCUT2D eigenvalue weighted by atomic mass is 35.5. The highest BCUT2D eigenvalue weighted by molar-refractivity contribution is 6.31. The standard InChI is InChI=1S/C7H7Cl.C7H6F2.C3H6/c1-6-4-2-3-5-7(6)8;1-5-2-3-6(8)4-7(5)9;1-3-2/h2-5H,1H3;2-4H,1H3;3H,1H2,2H3. The van der Waals surface area contributed by atoms with Crippen LogP contribution in [0.4, 0.5) is 8.78 Å². The van der Waals surface area contributed by atoms with Gasteiger partial charge in [-0.05, 0) is 44.0 Å². The summed E-state index contributed by atoms with van der Waals surface area (Å²) in [4.78, 5) is 0. The number of halogens is 3. The molecule has 2 aromatic carbocycles. The van der Waals surface area contributed by atoms with E-state index in [0.717, 1.165) is 16.7 Å². The topological polar surface area (TPSA) is 0 Å². The molecule has 20 heavy (non-hydrogen) atoms. The molecule has 3 heteroatoms. The van der Waals surface area contributed by atoms with Crippen molar-refractivity contribution in [1.82, 2.24) is 0 Å². The third-order valence-electron chi connectivity index (χ3n) is 2.21. The summed E-state index contributed by atoms with van der Waals surface area (Å²) < 4.78 is 24.4. The van der Waals surface area contributed by atoms with Gasteiger partial charge in [-0.3, -0.25) is 0 Å². The van der Waals surface area contributed by atoms with Gasteiger partial charge >= 0.3 is 0 Å². The fourth-order valence-corrected chi connectivity index (χ4v) is 1.25. The van der Waals surface area contributed by atoms with Gasteiger partial charge in [0.2, 0.25) is 0 Å². The molecule has 0 unspecified atom stereocenters. The molecule has 0 saturated carbocycles. The van der Waals surface area contributed by atoms with Crippen LogP contribution in [0.15, 0.2) is 55.1 Å². The summed E-state index contributed by atoms with van der Waals surface area (Å²) in [5.74, 6) is -1.02. The molecule has 0 nitrogen and oxygen atoms in total. The Kier molecular flexibility index (Phi) is 9.31. The zero-order valence-corrected chi connectivity index (χ0v) is 12.7. The monoisotopic (exact) mass is 296 g/mol. The first-order valence-electron chi connectivity index (χ1n) is 6.12. The van der Waals surface area contributed by atoms with E-state index in [0.29, 0.717) is 5.56 Å². The van der Waals surface area contributed by atoms with Crippen LogP contribution in [0, 0.1) is 25.5 Å². The minimum atomic E-state index is -0.530. The van der Waals surface area contributed by atoms with Crippen LogP contribution in [0.5, 0.6) is 0 Å². The van der Waals surface area contributed by atoms with Gasteiger partial charge in [-0.15, -0.1) is 6.58 Å². The molecule has 0 amide bonds. The van der Waals surface area contributed by atoms with Gasteiger partial charge in [0.1, 0.15) is 11.6 Å². The minimum absolute atomic E-state index is 0.469. The van der Waals surface area contributed by atoms with E-state index >= 15 is 0 Å². The summed E-state index contributed by atoms with van der Waals surface area (Å²) in [6, 6.07) is 11.3. The maximum Gasteiger partial charge on any atom is 0.129 e. The van der Waals surface area contributed by atoms with Crippen molar-refractivity contribution in [2.24, 2.45) is 0 Å².